The van der Waals surface area contributed by atoms with Gasteiger partial charge < -0.3 is 30.3 Å². The van der Waals surface area contributed by atoms with E-state index in [9.17, 15) is 14.7 Å². The van der Waals surface area contributed by atoms with E-state index in [2.05, 4.69) is 41.3 Å². The molecular weight excluding hydrogens is 490 g/mol. The summed E-state index contributed by atoms with van der Waals surface area (Å²) in [5.41, 5.74) is 4.66. The van der Waals surface area contributed by atoms with E-state index in [0.717, 1.165) is 31.1 Å². The first-order valence-electron chi connectivity index (χ1n) is 13.2. The summed E-state index contributed by atoms with van der Waals surface area (Å²) in [6.07, 6.45) is 4.30. The number of hydrogen-bond donors (Lipinski definition) is 5. The summed E-state index contributed by atoms with van der Waals surface area (Å²) >= 11 is 0. The number of benzene rings is 2. The predicted molar refractivity (Wildman–Crippen MR) is 139 cm³/mol. The maximum Gasteiger partial charge on any atom is 0.335 e. The number of aliphatic carboxylic acids is 2. The van der Waals surface area contributed by atoms with Crippen LogP contribution in [0.5, 0.6) is 11.5 Å². The minimum absolute atomic E-state index is 0.311. The average Bonchev–Trinajstić information content (AvgIpc) is 2.92. The Morgan fingerprint density at radius 2 is 1.71 bits per heavy atom. The Balaban J connectivity index is 0.000000289. The fraction of sp³-hybridized carbons (Fsp3) is 0.517. The number of phenolic OH excluding ortho intramolecular Hbond substituents is 1. The number of ether oxygens (including phenoxy) is 1. The van der Waals surface area contributed by atoms with Gasteiger partial charge in [0.25, 0.3) is 0 Å². The largest absolute Gasteiger partial charge is 0.508 e. The molecule has 0 amide bonds. The molecule has 1 saturated carbocycles. The SMILES string of the molecule is COc1ccc(CCN2CC[C@]34CCCC[C@H]3[C@H]2Cc2ccc(O)cc24)cc1.O=C(O)[C@H](O)[C@@H](O)C(=O)O. The van der Waals surface area contributed by atoms with Crippen LogP contribution in [0.25, 0.3) is 0 Å². The summed E-state index contributed by atoms with van der Waals surface area (Å²) in [6, 6.07) is 15.4. The van der Waals surface area contributed by atoms with Gasteiger partial charge in [0.2, 0.25) is 0 Å². The smallest absolute Gasteiger partial charge is 0.335 e. The van der Waals surface area contributed by atoms with Crippen molar-refractivity contribution in [3.8, 4) is 11.5 Å². The molecule has 206 valence electrons. The van der Waals surface area contributed by atoms with Crippen molar-refractivity contribution in [3.05, 3.63) is 59.2 Å². The van der Waals surface area contributed by atoms with Crippen molar-refractivity contribution >= 4 is 11.9 Å². The number of nitrogens with zero attached hydrogens (tertiary/aromatic N) is 1. The van der Waals surface area contributed by atoms with Gasteiger partial charge in [-0.05, 0) is 85.5 Å². The summed E-state index contributed by atoms with van der Waals surface area (Å²) in [6.45, 7) is 2.32. The van der Waals surface area contributed by atoms with Gasteiger partial charge in [0, 0.05) is 18.0 Å². The molecule has 0 radical (unpaired) electrons. The Labute approximate surface area is 222 Å². The standard InChI is InChI=1S/C25H31NO2.C4H6O6/c1-28-21-9-5-18(6-10-21)11-14-26-15-13-25-12-3-2-4-22(25)24(26)16-19-7-8-20(27)17-23(19)25;5-1(3(7)8)2(6)4(9)10/h5-10,17,22,24,27H,2-4,11-16H2,1H3;1-2,5-6H,(H,7,8)(H,9,10)/t22-,24+,25+;1-,2-/m01/s1. The third kappa shape index (κ3) is 5.65. The van der Waals surface area contributed by atoms with Crippen molar-refractivity contribution in [3.63, 3.8) is 0 Å². The van der Waals surface area contributed by atoms with E-state index in [4.69, 9.17) is 25.2 Å². The Bertz CT molecular complexity index is 1120. The van der Waals surface area contributed by atoms with Gasteiger partial charge >= 0.3 is 11.9 Å². The van der Waals surface area contributed by atoms with Gasteiger partial charge in [0.05, 0.1) is 7.11 Å². The van der Waals surface area contributed by atoms with E-state index in [-0.39, 0.29) is 0 Å². The number of aliphatic hydroxyl groups is 2. The highest BCUT2D eigenvalue weighted by atomic mass is 16.5. The zero-order valence-electron chi connectivity index (χ0n) is 21.6. The van der Waals surface area contributed by atoms with Gasteiger partial charge in [0.1, 0.15) is 11.5 Å². The van der Waals surface area contributed by atoms with Crippen LogP contribution in [0, 0.1) is 5.92 Å². The number of carboxylic acids is 2. The summed E-state index contributed by atoms with van der Waals surface area (Å²) in [4.78, 5) is 22.3. The molecule has 9 nitrogen and oxygen atoms in total. The Morgan fingerprint density at radius 3 is 2.34 bits per heavy atom. The molecule has 2 fully saturated rings. The topological polar surface area (TPSA) is 148 Å². The van der Waals surface area contributed by atoms with Crippen molar-refractivity contribution in [1.82, 2.24) is 4.90 Å². The number of rotatable bonds is 7. The lowest BCUT2D eigenvalue weighted by Gasteiger charge is -2.59. The zero-order valence-corrected chi connectivity index (χ0v) is 21.6. The van der Waals surface area contributed by atoms with Crippen LogP contribution in [-0.4, -0.2) is 80.8 Å². The second kappa shape index (κ2) is 11.7. The van der Waals surface area contributed by atoms with Crippen molar-refractivity contribution in [2.75, 3.05) is 20.2 Å². The van der Waals surface area contributed by atoms with Crippen LogP contribution in [-0.2, 0) is 27.8 Å². The number of hydrogen-bond acceptors (Lipinski definition) is 7. The minimum atomic E-state index is -2.27. The number of methoxy groups -OCH3 is 1. The van der Waals surface area contributed by atoms with Gasteiger partial charge in [-0.15, -0.1) is 0 Å². The third-order valence-electron chi connectivity index (χ3n) is 8.59. The summed E-state index contributed by atoms with van der Waals surface area (Å²) < 4.78 is 5.29. The van der Waals surface area contributed by atoms with Crippen LogP contribution < -0.4 is 4.74 Å². The molecular formula is C29H37NO8. The summed E-state index contributed by atoms with van der Waals surface area (Å²) in [5.74, 6) is -1.41. The lowest BCUT2D eigenvalue weighted by molar-refractivity contribution is -0.165. The number of carbonyl (C=O) groups is 2. The van der Waals surface area contributed by atoms with Crippen LogP contribution in [0.4, 0.5) is 0 Å². The maximum absolute atomic E-state index is 10.2. The van der Waals surface area contributed by atoms with Crippen LogP contribution in [0.2, 0.25) is 0 Å². The molecule has 1 saturated heterocycles. The van der Waals surface area contributed by atoms with Gasteiger partial charge in [0.15, 0.2) is 12.2 Å². The van der Waals surface area contributed by atoms with E-state index in [1.807, 2.05) is 6.07 Å². The molecule has 2 aliphatic carbocycles. The van der Waals surface area contributed by atoms with E-state index in [1.54, 1.807) is 7.11 Å². The molecule has 2 bridgehead atoms. The highest BCUT2D eigenvalue weighted by molar-refractivity contribution is 5.83. The van der Waals surface area contributed by atoms with Gasteiger partial charge in [-0.2, -0.15) is 0 Å². The molecule has 1 heterocycles. The molecule has 2 aromatic carbocycles. The van der Waals surface area contributed by atoms with Crippen LogP contribution >= 0.6 is 0 Å². The quantitative estimate of drug-likeness (QED) is 0.366. The van der Waals surface area contributed by atoms with Crippen molar-refractivity contribution in [1.29, 1.82) is 0 Å². The Kier molecular flexibility index (Phi) is 8.60. The van der Waals surface area contributed by atoms with E-state index < -0.39 is 24.1 Å². The van der Waals surface area contributed by atoms with Gasteiger partial charge in [-0.25, -0.2) is 9.59 Å². The summed E-state index contributed by atoms with van der Waals surface area (Å²) in [7, 11) is 1.72. The molecule has 5 rings (SSSR count). The molecule has 0 unspecified atom stereocenters. The first kappa shape index (κ1) is 27.9. The fourth-order valence-electron chi connectivity index (χ4n) is 6.69. The monoisotopic (exact) mass is 527 g/mol. The highest BCUT2D eigenvalue weighted by Crippen LogP contribution is 2.56. The lowest BCUT2D eigenvalue weighted by atomic mass is 9.52. The number of fused-ring (bicyclic) bond motifs is 1. The molecule has 0 spiro atoms. The lowest BCUT2D eigenvalue weighted by Crippen LogP contribution is -2.61. The second-order valence-electron chi connectivity index (χ2n) is 10.6. The van der Waals surface area contributed by atoms with Crippen LogP contribution in [0.15, 0.2) is 42.5 Å². The van der Waals surface area contributed by atoms with Gasteiger partial charge in [-0.3, -0.25) is 4.90 Å². The molecule has 3 aliphatic rings. The number of piperidine rings is 1. The molecule has 0 aromatic heterocycles. The molecule has 5 N–H and O–H groups in total. The number of phenols is 1. The fourth-order valence-corrected chi connectivity index (χ4v) is 6.69. The molecule has 38 heavy (non-hydrogen) atoms. The maximum atomic E-state index is 10.2. The Morgan fingerprint density at radius 1 is 1.03 bits per heavy atom. The van der Waals surface area contributed by atoms with E-state index >= 15 is 0 Å². The molecule has 2 aromatic rings. The third-order valence-corrected chi connectivity index (χ3v) is 8.59. The first-order valence-corrected chi connectivity index (χ1v) is 13.2. The van der Waals surface area contributed by atoms with E-state index in [1.165, 1.54) is 55.3 Å². The number of aromatic hydroxyl groups is 1. The number of aliphatic hydroxyl groups excluding tert-OH is 2. The second-order valence-corrected chi connectivity index (χ2v) is 10.6. The highest BCUT2D eigenvalue weighted by Gasteiger charge is 2.53. The average molecular weight is 528 g/mol. The van der Waals surface area contributed by atoms with E-state index in [0.29, 0.717) is 17.2 Å². The van der Waals surface area contributed by atoms with Crippen LogP contribution in [0.1, 0.15) is 48.8 Å². The molecule has 5 atom stereocenters. The Hall–Kier alpha value is -3.14. The van der Waals surface area contributed by atoms with Gasteiger partial charge in [-0.1, -0.05) is 31.0 Å². The van der Waals surface area contributed by atoms with Crippen molar-refractivity contribution < 1.29 is 39.9 Å². The predicted octanol–water partition coefficient (Wildman–Crippen LogP) is 2.58. The van der Waals surface area contributed by atoms with Crippen LogP contribution in [0.3, 0.4) is 0 Å². The number of carboxylic acid groups (broad SMARTS) is 2. The van der Waals surface area contributed by atoms with Crippen molar-refractivity contribution in [2.45, 2.75) is 68.6 Å². The minimum Gasteiger partial charge on any atom is -0.508 e. The zero-order chi connectivity index (χ0) is 27.4. The molecule has 9 heteroatoms. The first-order chi connectivity index (χ1) is 18.2. The summed E-state index contributed by atoms with van der Waals surface area (Å²) in [5, 5.41) is 42.7. The van der Waals surface area contributed by atoms with Crippen molar-refractivity contribution in [2.24, 2.45) is 5.92 Å². The molecule has 1 aliphatic heterocycles. The number of likely N-dealkylation sites (tertiary alicyclic amines) is 1. The normalized spacial score (nSPS) is 25.6.